The van der Waals surface area contributed by atoms with Crippen LogP contribution in [0.15, 0.2) is 23.8 Å². The van der Waals surface area contributed by atoms with E-state index in [1.54, 1.807) is 0 Å². The van der Waals surface area contributed by atoms with Crippen LogP contribution in [0, 0.1) is 11.3 Å². The molecular weight excluding hydrogens is 160 g/mol. The quantitative estimate of drug-likeness (QED) is 0.662. The standard InChI is InChI=1S/C12H20O/c1-5-10-6-7-11(9(2)8-13)12(10,3)4/h6,11,13H,2,5,7-8H2,1,3-4H3/t11-/m1/s1. The second-order valence-corrected chi connectivity index (χ2v) is 4.41. The van der Waals surface area contributed by atoms with E-state index in [1.165, 1.54) is 5.57 Å². The van der Waals surface area contributed by atoms with Gasteiger partial charge in [0.15, 0.2) is 0 Å². The van der Waals surface area contributed by atoms with E-state index < -0.39 is 0 Å². The van der Waals surface area contributed by atoms with Gasteiger partial charge in [-0.2, -0.15) is 0 Å². The lowest BCUT2D eigenvalue weighted by Crippen LogP contribution is -2.23. The van der Waals surface area contributed by atoms with E-state index in [4.69, 9.17) is 5.11 Å². The smallest absolute Gasteiger partial charge is 0.0642 e. The van der Waals surface area contributed by atoms with Crippen LogP contribution in [0.2, 0.25) is 0 Å². The molecule has 0 fully saturated rings. The van der Waals surface area contributed by atoms with Gasteiger partial charge < -0.3 is 5.11 Å². The van der Waals surface area contributed by atoms with Gasteiger partial charge >= 0.3 is 0 Å². The molecule has 0 saturated heterocycles. The van der Waals surface area contributed by atoms with Gasteiger partial charge in [-0.05, 0) is 29.7 Å². The topological polar surface area (TPSA) is 20.2 Å². The Bertz CT molecular complexity index is 236. The average Bonchev–Trinajstić information content (AvgIpc) is 2.39. The Labute approximate surface area is 81.2 Å². The van der Waals surface area contributed by atoms with Gasteiger partial charge in [-0.1, -0.05) is 39.0 Å². The van der Waals surface area contributed by atoms with Gasteiger partial charge in [-0.25, -0.2) is 0 Å². The summed E-state index contributed by atoms with van der Waals surface area (Å²) in [7, 11) is 0. The van der Waals surface area contributed by atoms with Crippen LogP contribution in [0.5, 0.6) is 0 Å². The molecule has 13 heavy (non-hydrogen) atoms. The second-order valence-electron chi connectivity index (χ2n) is 4.41. The Balaban J connectivity index is 2.81. The summed E-state index contributed by atoms with van der Waals surface area (Å²) in [5.41, 5.74) is 2.69. The van der Waals surface area contributed by atoms with Gasteiger partial charge in [0.05, 0.1) is 6.61 Å². The molecule has 1 nitrogen and oxygen atoms in total. The third-order valence-electron chi connectivity index (χ3n) is 3.38. The van der Waals surface area contributed by atoms with Crippen molar-refractivity contribution < 1.29 is 5.11 Å². The Kier molecular flexibility index (Phi) is 2.97. The lowest BCUT2D eigenvalue weighted by atomic mass is 9.73. The first kappa shape index (κ1) is 10.5. The first-order chi connectivity index (χ1) is 6.04. The zero-order valence-corrected chi connectivity index (χ0v) is 8.93. The summed E-state index contributed by atoms with van der Waals surface area (Å²) in [6, 6.07) is 0. The van der Waals surface area contributed by atoms with Crippen LogP contribution in [0.25, 0.3) is 0 Å². The maximum absolute atomic E-state index is 9.06. The minimum atomic E-state index is 0.124. The van der Waals surface area contributed by atoms with E-state index in [-0.39, 0.29) is 12.0 Å². The maximum Gasteiger partial charge on any atom is 0.0642 e. The highest BCUT2D eigenvalue weighted by atomic mass is 16.3. The molecule has 1 heteroatoms. The number of allylic oxidation sites excluding steroid dienone is 2. The molecular formula is C12H20O. The van der Waals surface area contributed by atoms with Crippen LogP contribution in [-0.4, -0.2) is 11.7 Å². The summed E-state index contributed by atoms with van der Waals surface area (Å²) < 4.78 is 0. The van der Waals surface area contributed by atoms with Gasteiger partial charge in [0.1, 0.15) is 0 Å². The minimum Gasteiger partial charge on any atom is -0.392 e. The molecule has 74 valence electrons. The van der Waals surface area contributed by atoms with Crippen molar-refractivity contribution in [2.45, 2.75) is 33.6 Å². The summed E-state index contributed by atoms with van der Waals surface area (Å²) in [6.07, 6.45) is 4.48. The third-order valence-corrected chi connectivity index (χ3v) is 3.38. The van der Waals surface area contributed by atoms with E-state index in [9.17, 15) is 0 Å². The highest BCUT2D eigenvalue weighted by Crippen LogP contribution is 2.47. The van der Waals surface area contributed by atoms with Crippen LogP contribution in [-0.2, 0) is 0 Å². The van der Waals surface area contributed by atoms with Crippen molar-refractivity contribution in [2.75, 3.05) is 6.61 Å². The fraction of sp³-hybridized carbons (Fsp3) is 0.667. The van der Waals surface area contributed by atoms with Crippen LogP contribution in [0.1, 0.15) is 33.6 Å². The zero-order chi connectivity index (χ0) is 10.1. The number of hydrogen-bond acceptors (Lipinski definition) is 1. The number of hydrogen-bond donors (Lipinski definition) is 1. The van der Waals surface area contributed by atoms with Crippen molar-refractivity contribution >= 4 is 0 Å². The third kappa shape index (κ3) is 1.71. The van der Waals surface area contributed by atoms with Crippen LogP contribution >= 0.6 is 0 Å². The molecule has 0 aromatic carbocycles. The van der Waals surface area contributed by atoms with Gasteiger partial charge in [-0.15, -0.1) is 0 Å². The molecule has 1 atom stereocenters. The fourth-order valence-electron chi connectivity index (χ4n) is 2.43. The van der Waals surface area contributed by atoms with Crippen molar-refractivity contribution in [3.8, 4) is 0 Å². The normalized spacial score (nSPS) is 25.8. The Hall–Kier alpha value is -0.560. The zero-order valence-electron chi connectivity index (χ0n) is 8.93. The van der Waals surface area contributed by atoms with E-state index in [2.05, 4.69) is 33.4 Å². The van der Waals surface area contributed by atoms with Crippen molar-refractivity contribution in [3.63, 3.8) is 0 Å². The first-order valence-electron chi connectivity index (χ1n) is 5.02. The molecule has 0 aromatic heterocycles. The molecule has 1 aliphatic carbocycles. The van der Waals surface area contributed by atoms with E-state index in [0.29, 0.717) is 5.92 Å². The Morgan fingerprint density at radius 3 is 2.69 bits per heavy atom. The largest absolute Gasteiger partial charge is 0.392 e. The number of rotatable bonds is 3. The molecule has 1 aliphatic rings. The summed E-state index contributed by atoms with van der Waals surface area (Å²) >= 11 is 0. The predicted molar refractivity (Wildman–Crippen MR) is 56.5 cm³/mol. The van der Waals surface area contributed by atoms with Gasteiger partial charge in [0, 0.05) is 0 Å². The predicted octanol–water partition coefficient (Wildman–Crippen LogP) is 2.92. The summed E-state index contributed by atoms with van der Waals surface area (Å²) in [5, 5.41) is 9.06. The molecule has 0 aromatic rings. The van der Waals surface area contributed by atoms with Crippen LogP contribution in [0.3, 0.4) is 0 Å². The molecule has 0 spiro atoms. The first-order valence-corrected chi connectivity index (χ1v) is 5.02. The summed E-state index contributed by atoms with van der Waals surface area (Å²) in [4.78, 5) is 0. The highest BCUT2D eigenvalue weighted by molar-refractivity contribution is 5.26. The second kappa shape index (κ2) is 3.67. The minimum absolute atomic E-state index is 0.124. The number of aliphatic hydroxyl groups excluding tert-OH is 1. The molecule has 0 amide bonds. The van der Waals surface area contributed by atoms with Crippen molar-refractivity contribution in [2.24, 2.45) is 11.3 Å². The Morgan fingerprint density at radius 1 is 1.69 bits per heavy atom. The number of aliphatic hydroxyl groups is 1. The fourth-order valence-corrected chi connectivity index (χ4v) is 2.43. The van der Waals surface area contributed by atoms with E-state index in [1.807, 2.05) is 0 Å². The van der Waals surface area contributed by atoms with E-state index in [0.717, 1.165) is 18.4 Å². The molecule has 1 rings (SSSR count). The molecule has 0 heterocycles. The van der Waals surface area contributed by atoms with Crippen molar-refractivity contribution in [1.29, 1.82) is 0 Å². The van der Waals surface area contributed by atoms with Crippen LogP contribution < -0.4 is 0 Å². The summed E-state index contributed by atoms with van der Waals surface area (Å²) in [5.74, 6) is 0.437. The Morgan fingerprint density at radius 2 is 2.31 bits per heavy atom. The molecule has 0 saturated carbocycles. The maximum atomic E-state index is 9.06. The molecule has 1 N–H and O–H groups in total. The molecule has 0 radical (unpaired) electrons. The van der Waals surface area contributed by atoms with Crippen LogP contribution in [0.4, 0.5) is 0 Å². The van der Waals surface area contributed by atoms with Crippen molar-refractivity contribution in [1.82, 2.24) is 0 Å². The lowest BCUT2D eigenvalue weighted by Gasteiger charge is -2.31. The molecule has 0 bridgehead atoms. The average molecular weight is 180 g/mol. The SMILES string of the molecule is C=C(CO)[C@H]1CC=C(CC)C1(C)C. The molecule has 0 aliphatic heterocycles. The highest BCUT2D eigenvalue weighted by Gasteiger charge is 2.37. The summed E-state index contributed by atoms with van der Waals surface area (Å²) in [6.45, 7) is 10.8. The molecule has 0 unspecified atom stereocenters. The van der Waals surface area contributed by atoms with Gasteiger partial charge in [0.2, 0.25) is 0 Å². The van der Waals surface area contributed by atoms with Gasteiger partial charge in [-0.3, -0.25) is 0 Å². The monoisotopic (exact) mass is 180 g/mol. The van der Waals surface area contributed by atoms with Gasteiger partial charge in [0.25, 0.3) is 0 Å². The van der Waals surface area contributed by atoms with Crippen molar-refractivity contribution in [3.05, 3.63) is 23.8 Å². The lowest BCUT2D eigenvalue weighted by molar-refractivity contribution is 0.266. The van der Waals surface area contributed by atoms with E-state index >= 15 is 0 Å².